The lowest BCUT2D eigenvalue weighted by molar-refractivity contribution is -0.137. The van der Waals surface area contributed by atoms with Gasteiger partial charge in [0.1, 0.15) is 0 Å². The van der Waals surface area contributed by atoms with Crippen LogP contribution in [-0.2, 0) is 20.4 Å². The molecule has 0 bridgehead atoms. The molecule has 0 aliphatic carbocycles. The summed E-state index contributed by atoms with van der Waals surface area (Å²) in [4.78, 5) is 22.8. The minimum Gasteiger partial charge on any atom is -0.481 e. The summed E-state index contributed by atoms with van der Waals surface area (Å²) >= 11 is 3.31. The molecule has 7 heteroatoms. The number of hydrogen-bond acceptors (Lipinski definition) is 3. The monoisotopic (exact) mass is 375 g/mol. The van der Waals surface area contributed by atoms with Crippen molar-refractivity contribution < 1.29 is 18.9 Å². The Morgan fingerprint density at radius 2 is 1.95 bits per heavy atom. The van der Waals surface area contributed by atoms with Gasteiger partial charge in [0.15, 0.2) is 0 Å². The topological polar surface area (TPSA) is 83.5 Å². The molecule has 0 aliphatic rings. The molecule has 2 N–H and O–H groups in total. The van der Waals surface area contributed by atoms with Crippen LogP contribution < -0.4 is 5.32 Å². The van der Waals surface area contributed by atoms with Crippen molar-refractivity contribution in [3.8, 4) is 0 Å². The van der Waals surface area contributed by atoms with E-state index in [9.17, 15) is 13.8 Å². The molecule has 0 aliphatic heterocycles. The van der Waals surface area contributed by atoms with Gasteiger partial charge in [-0.15, -0.1) is 0 Å². The van der Waals surface area contributed by atoms with Crippen molar-refractivity contribution in [1.29, 1.82) is 0 Å². The van der Waals surface area contributed by atoms with E-state index in [1.54, 1.807) is 19.1 Å². The summed E-state index contributed by atoms with van der Waals surface area (Å²) < 4.78 is 12.9. The van der Waals surface area contributed by atoms with Crippen LogP contribution in [0, 0.1) is 0 Å². The highest BCUT2D eigenvalue weighted by atomic mass is 79.9. The average molecular weight is 376 g/mol. The van der Waals surface area contributed by atoms with Crippen molar-refractivity contribution in [1.82, 2.24) is 5.32 Å². The van der Waals surface area contributed by atoms with E-state index in [0.29, 0.717) is 12.2 Å². The zero-order valence-corrected chi connectivity index (χ0v) is 14.1. The smallest absolute Gasteiger partial charge is 0.305 e. The van der Waals surface area contributed by atoms with Gasteiger partial charge in [-0.05, 0) is 37.6 Å². The number of carbonyl (C=O) groups is 2. The van der Waals surface area contributed by atoms with Crippen LogP contribution in [0.25, 0.3) is 0 Å². The Hall–Kier alpha value is -1.21. The van der Waals surface area contributed by atoms with Gasteiger partial charge in [-0.3, -0.25) is 13.8 Å². The Labute approximate surface area is 134 Å². The van der Waals surface area contributed by atoms with Crippen LogP contribution in [-0.4, -0.2) is 33.0 Å². The predicted molar refractivity (Wildman–Crippen MR) is 84.5 cm³/mol. The van der Waals surface area contributed by atoms with Crippen molar-refractivity contribution in [3.05, 3.63) is 28.7 Å². The lowest BCUT2D eigenvalue weighted by Crippen LogP contribution is -2.34. The predicted octanol–water partition coefficient (Wildman–Crippen LogP) is 2.32. The molecular formula is C14H18BrNO4S. The summed E-state index contributed by atoms with van der Waals surface area (Å²) in [6.45, 7) is 1.64. The van der Waals surface area contributed by atoms with Crippen molar-refractivity contribution in [2.75, 3.05) is 5.75 Å². The highest BCUT2D eigenvalue weighted by Crippen LogP contribution is 2.14. The third-order valence-corrected chi connectivity index (χ3v) is 4.68. The Morgan fingerprint density at radius 1 is 1.33 bits per heavy atom. The molecule has 0 aromatic heterocycles. The molecule has 1 rings (SSSR count). The Kier molecular flexibility index (Phi) is 7.60. The molecule has 0 saturated carbocycles. The second-order valence-electron chi connectivity index (χ2n) is 4.67. The number of amides is 1. The summed E-state index contributed by atoms with van der Waals surface area (Å²) in [5, 5.41) is 11.2. The van der Waals surface area contributed by atoms with Crippen LogP contribution >= 0.6 is 15.9 Å². The van der Waals surface area contributed by atoms with Gasteiger partial charge in [0.2, 0.25) is 5.91 Å². The van der Waals surface area contributed by atoms with Gasteiger partial charge in [0, 0.05) is 27.6 Å². The molecule has 21 heavy (non-hydrogen) atoms. The lowest BCUT2D eigenvalue weighted by atomic mass is 10.2. The molecule has 5 nitrogen and oxygen atoms in total. The third-order valence-electron chi connectivity index (χ3n) is 2.70. The standard InChI is InChI=1S/C14H18BrNO4S/c1-10(9-14(18)19)16-13(17)3-2-8-21(20)12-6-4-11(15)5-7-12/h4-7,10H,2-3,8-9H2,1H3,(H,16,17)(H,18,19). The molecule has 1 aromatic rings. The van der Waals surface area contributed by atoms with Crippen LogP contribution in [0.5, 0.6) is 0 Å². The van der Waals surface area contributed by atoms with Gasteiger partial charge in [0.25, 0.3) is 0 Å². The molecule has 1 amide bonds. The highest BCUT2D eigenvalue weighted by molar-refractivity contribution is 9.10. The second-order valence-corrected chi connectivity index (χ2v) is 7.16. The normalized spacial score (nSPS) is 13.4. The minimum atomic E-state index is -1.12. The maximum absolute atomic E-state index is 12.0. The van der Waals surface area contributed by atoms with Crippen LogP contribution in [0.2, 0.25) is 0 Å². The second kappa shape index (κ2) is 8.94. The van der Waals surface area contributed by atoms with Gasteiger partial charge in [-0.25, -0.2) is 0 Å². The summed E-state index contributed by atoms with van der Waals surface area (Å²) in [7, 11) is -1.12. The number of benzene rings is 1. The Bertz CT molecular complexity index is 518. The average Bonchev–Trinajstić information content (AvgIpc) is 2.38. The summed E-state index contributed by atoms with van der Waals surface area (Å²) in [5.41, 5.74) is 0. The van der Waals surface area contributed by atoms with Crippen molar-refractivity contribution >= 4 is 38.6 Å². The molecule has 0 fully saturated rings. The van der Waals surface area contributed by atoms with Crippen molar-refractivity contribution in [3.63, 3.8) is 0 Å². The number of carboxylic acid groups (broad SMARTS) is 1. The zero-order valence-electron chi connectivity index (χ0n) is 11.7. The molecule has 116 valence electrons. The van der Waals surface area contributed by atoms with Crippen LogP contribution in [0.1, 0.15) is 26.2 Å². The van der Waals surface area contributed by atoms with Crippen molar-refractivity contribution in [2.24, 2.45) is 0 Å². The number of aliphatic carboxylic acids is 1. The van der Waals surface area contributed by atoms with Gasteiger partial charge in [0.05, 0.1) is 17.2 Å². The van der Waals surface area contributed by atoms with Crippen molar-refractivity contribution in [2.45, 2.75) is 37.1 Å². The van der Waals surface area contributed by atoms with Gasteiger partial charge in [-0.1, -0.05) is 15.9 Å². The molecule has 0 saturated heterocycles. The van der Waals surface area contributed by atoms with E-state index in [1.807, 2.05) is 12.1 Å². The summed E-state index contributed by atoms with van der Waals surface area (Å²) in [6.07, 6.45) is 0.636. The minimum absolute atomic E-state index is 0.101. The molecular weight excluding hydrogens is 358 g/mol. The Morgan fingerprint density at radius 3 is 2.52 bits per heavy atom. The van der Waals surface area contributed by atoms with E-state index in [-0.39, 0.29) is 18.7 Å². The number of carboxylic acids is 1. The summed E-state index contributed by atoms with van der Waals surface area (Å²) in [5.74, 6) is -0.752. The van der Waals surface area contributed by atoms with Gasteiger partial charge in [-0.2, -0.15) is 0 Å². The van der Waals surface area contributed by atoms with E-state index < -0.39 is 22.8 Å². The number of hydrogen-bond donors (Lipinski definition) is 2. The van der Waals surface area contributed by atoms with Crippen LogP contribution in [0.15, 0.2) is 33.6 Å². The molecule has 0 spiro atoms. The number of carbonyl (C=O) groups excluding carboxylic acids is 1. The first-order valence-electron chi connectivity index (χ1n) is 6.53. The molecule has 0 radical (unpaired) electrons. The van der Waals surface area contributed by atoms with E-state index in [1.165, 1.54) is 0 Å². The van der Waals surface area contributed by atoms with E-state index in [4.69, 9.17) is 5.11 Å². The van der Waals surface area contributed by atoms with E-state index >= 15 is 0 Å². The fourth-order valence-corrected chi connectivity index (χ4v) is 3.07. The van der Waals surface area contributed by atoms with Gasteiger partial charge >= 0.3 is 5.97 Å². The summed E-state index contributed by atoms with van der Waals surface area (Å²) in [6, 6.07) is 6.83. The fraction of sp³-hybridized carbons (Fsp3) is 0.429. The number of nitrogens with one attached hydrogen (secondary N) is 1. The van der Waals surface area contributed by atoms with Crippen LogP contribution in [0.4, 0.5) is 0 Å². The molecule has 1 aromatic carbocycles. The number of rotatable bonds is 8. The lowest BCUT2D eigenvalue weighted by Gasteiger charge is -2.11. The van der Waals surface area contributed by atoms with Gasteiger partial charge < -0.3 is 10.4 Å². The first-order valence-corrected chi connectivity index (χ1v) is 8.64. The first kappa shape index (κ1) is 17.8. The van der Waals surface area contributed by atoms with Crippen LogP contribution in [0.3, 0.4) is 0 Å². The van der Waals surface area contributed by atoms with E-state index in [2.05, 4.69) is 21.2 Å². The highest BCUT2D eigenvalue weighted by Gasteiger charge is 2.11. The number of halogens is 1. The quantitative estimate of drug-likeness (QED) is 0.730. The van der Waals surface area contributed by atoms with E-state index in [0.717, 1.165) is 9.37 Å². The third kappa shape index (κ3) is 7.38. The maximum Gasteiger partial charge on any atom is 0.305 e. The maximum atomic E-state index is 12.0. The molecule has 2 unspecified atom stereocenters. The SMILES string of the molecule is CC(CC(=O)O)NC(=O)CCCS(=O)c1ccc(Br)cc1. The zero-order chi connectivity index (χ0) is 15.8. The largest absolute Gasteiger partial charge is 0.481 e. The molecule has 0 heterocycles. The first-order chi connectivity index (χ1) is 9.88. The molecule has 2 atom stereocenters. The Balaban J connectivity index is 2.29. The fourth-order valence-electron chi connectivity index (χ4n) is 1.73.